The Morgan fingerprint density at radius 2 is 1.82 bits per heavy atom. The molecule has 1 aromatic rings. The molecule has 1 fully saturated rings. The molecule has 0 aromatic heterocycles. The van der Waals surface area contributed by atoms with Crippen LogP contribution in [0.2, 0.25) is 0 Å². The first-order chi connectivity index (χ1) is 8.33. The van der Waals surface area contributed by atoms with E-state index in [0.717, 1.165) is 31.2 Å². The van der Waals surface area contributed by atoms with E-state index in [-0.39, 0.29) is 11.7 Å². The van der Waals surface area contributed by atoms with Gasteiger partial charge < -0.3 is 0 Å². The van der Waals surface area contributed by atoms with Crippen molar-refractivity contribution in [2.24, 2.45) is 5.92 Å². The third kappa shape index (κ3) is 2.74. The normalized spacial score (nSPS) is 18.3. The van der Waals surface area contributed by atoms with Gasteiger partial charge in [-0.25, -0.2) is 0 Å². The Morgan fingerprint density at radius 3 is 2.41 bits per heavy atom. The maximum absolute atomic E-state index is 12.3. The van der Waals surface area contributed by atoms with E-state index in [1.54, 1.807) is 0 Å². The van der Waals surface area contributed by atoms with E-state index in [4.69, 9.17) is 0 Å². The average molecular weight is 227 g/mol. The van der Waals surface area contributed by atoms with Crippen molar-refractivity contribution >= 4 is 5.78 Å². The molecular formula is C15H17NO. The molecule has 1 aliphatic carbocycles. The highest BCUT2D eigenvalue weighted by atomic mass is 16.1. The Morgan fingerprint density at radius 1 is 1.18 bits per heavy atom. The van der Waals surface area contributed by atoms with Crippen molar-refractivity contribution in [1.82, 2.24) is 0 Å². The molecule has 2 nitrogen and oxygen atoms in total. The highest BCUT2D eigenvalue weighted by Gasteiger charge is 2.28. The first-order valence-corrected chi connectivity index (χ1v) is 6.31. The molecular weight excluding hydrogens is 210 g/mol. The molecule has 0 bridgehead atoms. The summed E-state index contributed by atoms with van der Waals surface area (Å²) in [7, 11) is 0. The summed E-state index contributed by atoms with van der Waals surface area (Å²) < 4.78 is 0. The van der Waals surface area contributed by atoms with E-state index in [1.807, 2.05) is 30.3 Å². The first-order valence-electron chi connectivity index (χ1n) is 6.31. The van der Waals surface area contributed by atoms with Crippen LogP contribution < -0.4 is 0 Å². The van der Waals surface area contributed by atoms with Crippen LogP contribution in [0.3, 0.4) is 0 Å². The monoisotopic (exact) mass is 227 g/mol. The molecule has 0 aliphatic heterocycles. The highest BCUT2D eigenvalue weighted by molar-refractivity contribution is 5.90. The van der Waals surface area contributed by atoms with E-state index in [2.05, 4.69) is 6.07 Å². The molecule has 0 spiro atoms. The maximum atomic E-state index is 12.3. The van der Waals surface area contributed by atoms with E-state index in [1.165, 1.54) is 6.42 Å². The van der Waals surface area contributed by atoms with E-state index < -0.39 is 5.92 Å². The topological polar surface area (TPSA) is 40.9 Å². The standard InChI is InChI=1S/C15H17NO/c16-11-14(12-7-3-1-4-8-12)15(17)13-9-5-2-6-10-13/h1,3-4,7-8,13-14H,2,5-6,9-10H2. The summed E-state index contributed by atoms with van der Waals surface area (Å²) >= 11 is 0. The zero-order valence-corrected chi connectivity index (χ0v) is 9.93. The zero-order valence-electron chi connectivity index (χ0n) is 9.93. The van der Waals surface area contributed by atoms with Crippen molar-refractivity contribution in [2.75, 3.05) is 0 Å². The molecule has 2 rings (SSSR count). The van der Waals surface area contributed by atoms with Crippen LogP contribution in [0.4, 0.5) is 0 Å². The second-order valence-electron chi connectivity index (χ2n) is 4.71. The van der Waals surface area contributed by atoms with Gasteiger partial charge in [0.25, 0.3) is 0 Å². The van der Waals surface area contributed by atoms with Gasteiger partial charge in [-0.3, -0.25) is 4.79 Å². The summed E-state index contributed by atoms with van der Waals surface area (Å²) in [4.78, 5) is 12.3. The number of hydrogen-bond donors (Lipinski definition) is 0. The van der Waals surface area contributed by atoms with Gasteiger partial charge in [0.1, 0.15) is 5.92 Å². The molecule has 0 N–H and O–H groups in total. The summed E-state index contributed by atoms with van der Waals surface area (Å²) in [6.45, 7) is 0. The predicted octanol–water partition coefficient (Wildman–Crippen LogP) is 3.44. The Kier molecular flexibility index (Phi) is 3.93. The number of benzene rings is 1. The number of hydrogen-bond acceptors (Lipinski definition) is 2. The molecule has 0 heterocycles. The van der Waals surface area contributed by atoms with Crippen LogP contribution in [-0.2, 0) is 4.79 Å². The fourth-order valence-electron chi connectivity index (χ4n) is 2.57. The summed E-state index contributed by atoms with van der Waals surface area (Å²) in [5, 5.41) is 9.21. The van der Waals surface area contributed by atoms with Crippen molar-refractivity contribution < 1.29 is 4.79 Å². The second kappa shape index (κ2) is 5.63. The lowest BCUT2D eigenvalue weighted by Crippen LogP contribution is -2.23. The van der Waals surface area contributed by atoms with E-state index >= 15 is 0 Å². The Bertz CT molecular complexity index is 412. The van der Waals surface area contributed by atoms with E-state index in [9.17, 15) is 10.1 Å². The number of Topliss-reactive ketones (excluding diaryl/α,β-unsaturated/α-hetero) is 1. The third-order valence-corrected chi connectivity index (χ3v) is 3.55. The van der Waals surface area contributed by atoms with Crippen molar-refractivity contribution in [1.29, 1.82) is 5.26 Å². The molecule has 88 valence electrons. The molecule has 1 atom stereocenters. The van der Waals surface area contributed by atoms with Crippen LogP contribution >= 0.6 is 0 Å². The van der Waals surface area contributed by atoms with Crippen molar-refractivity contribution in [3.63, 3.8) is 0 Å². The van der Waals surface area contributed by atoms with Gasteiger partial charge in [-0.05, 0) is 18.4 Å². The van der Waals surface area contributed by atoms with Gasteiger partial charge in [-0.2, -0.15) is 5.26 Å². The molecule has 0 radical (unpaired) electrons. The van der Waals surface area contributed by atoms with Crippen LogP contribution in [0, 0.1) is 17.2 Å². The maximum Gasteiger partial charge on any atom is 0.157 e. The van der Waals surface area contributed by atoms with Crippen LogP contribution in [0.15, 0.2) is 30.3 Å². The third-order valence-electron chi connectivity index (χ3n) is 3.55. The fraction of sp³-hybridized carbons (Fsp3) is 0.467. The van der Waals surface area contributed by atoms with Gasteiger partial charge in [0.05, 0.1) is 6.07 Å². The SMILES string of the molecule is N#CC(C(=O)C1CCCCC1)c1ccccc1. The molecule has 1 unspecified atom stereocenters. The number of nitrogens with zero attached hydrogens (tertiary/aromatic N) is 1. The zero-order chi connectivity index (χ0) is 12.1. The smallest absolute Gasteiger partial charge is 0.157 e. The fourth-order valence-corrected chi connectivity index (χ4v) is 2.57. The Hall–Kier alpha value is -1.62. The van der Waals surface area contributed by atoms with Gasteiger partial charge >= 0.3 is 0 Å². The highest BCUT2D eigenvalue weighted by Crippen LogP contribution is 2.29. The Balaban J connectivity index is 2.13. The number of carbonyl (C=O) groups is 1. The Labute approximate surface area is 102 Å². The van der Waals surface area contributed by atoms with Crippen LogP contribution in [0.1, 0.15) is 43.6 Å². The minimum absolute atomic E-state index is 0.105. The van der Waals surface area contributed by atoms with E-state index in [0.29, 0.717) is 0 Å². The molecule has 17 heavy (non-hydrogen) atoms. The van der Waals surface area contributed by atoms with Gasteiger partial charge in [-0.15, -0.1) is 0 Å². The molecule has 0 saturated heterocycles. The molecule has 1 aliphatic rings. The van der Waals surface area contributed by atoms with Gasteiger partial charge in [-0.1, -0.05) is 49.6 Å². The quantitative estimate of drug-likeness (QED) is 0.793. The lowest BCUT2D eigenvalue weighted by Gasteiger charge is -2.22. The van der Waals surface area contributed by atoms with Gasteiger partial charge in [0, 0.05) is 5.92 Å². The minimum Gasteiger partial charge on any atom is -0.298 e. The number of rotatable bonds is 3. The molecule has 1 aromatic carbocycles. The minimum atomic E-state index is -0.570. The number of carbonyl (C=O) groups excluding carboxylic acids is 1. The van der Waals surface area contributed by atoms with Crippen molar-refractivity contribution in [2.45, 2.75) is 38.0 Å². The predicted molar refractivity (Wildman–Crippen MR) is 66.4 cm³/mol. The van der Waals surface area contributed by atoms with Gasteiger partial charge in [0.15, 0.2) is 5.78 Å². The lowest BCUT2D eigenvalue weighted by atomic mass is 9.80. The van der Waals surface area contributed by atoms with Gasteiger partial charge in [0.2, 0.25) is 0 Å². The molecule has 0 amide bonds. The lowest BCUT2D eigenvalue weighted by molar-refractivity contribution is -0.124. The van der Waals surface area contributed by atoms with Crippen molar-refractivity contribution in [3.8, 4) is 6.07 Å². The van der Waals surface area contributed by atoms with Crippen LogP contribution in [0.25, 0.3) is 0 Å². The number of nitriles is 1. The molecule has 2 heteroatoms. The second-order valence-corrected chi connectivity index (χ2v) is 4.71. The van der Waals surface area contributed by atoms with Crippen LogP contribution in [0.5, 0.6) is 0 Å². The molecule has 1 saturated carbocycles. The van der Waals surface area contributed by atoms with Crippen molar-refractivity contribution in [3.05, 3.63) is 35.9 Å². The first kappa shape index (κ1) is 11.9. The van der Waals surface area contributed by atoms with Crippen LogP contribution in [-0.4, -0.2) is 5.78 Å². The largest absolute Gasteiger partial charge is 0.298 e. The summed E-state index contributed by atoms with van der Waals surface area (Å²) in [6.07, 6.45) is 5.41. The summed E-state index contributed by atoms with van der Waals surface area (Å²) in [6, 6.07) is 11.6. The average Bonchev–Trinajstić information content (AvgIpc) is 2.42. The summed E-state index contributed by atoms with van der Waals surface area (Å²) in [5.74, 6) is -0.341. The number of ketones is 1. The summed E-state index contributed by atoms with van der Waals surface area (Å²) in [5.41, 5.74) is 0.838.